The molecule has 130 valence electrons. The summed E-state index contributed by atoms with van der Waals surface area (Å²) in [5, 5.41) is 2.45. The highest BCUT2D eigenvalue weighted by molar-refractivity contribution is 9.09. The summed E-state index contributed by atoms with van der Waals surface area (Å²) in [5.74, 6) is 0. The van der Waals surface area contributed by atoms with Crippen LogP contribution in [0.25, 0.3) is 0 Å². The number of benzene rings is 3. The third-order valence-electron chi connectivity index (χ3n) is 5.11. The summed E-state index contributed by atoms with van der Waals surface area (Å²) in [6, 6.07) is 29.7. The molecule has 2 atom stereocenters. The zero-order valence-corrected chi connectivity index (χ0v) is 17.1. The summed E-state index contributed by atoms with van der Waals surface area (Å²) in [4.78, 5) is 0.277. The zero-order valence-electron chi connectivity index (χ0n) is 14.5. The van der Waals surface area contributed by atoms with Crippen LogP contribution < -0.4 is 10.4 Å². The molecule has 3 aromatic carbocycles. The minimum atomic E-state index is -2.56. The van der Waals surface area contributed by atoms with Crippen LogP contribution in [0.1, 0.15) is 17.2 Å². The first kappa shape index (κ1) is 17.5. The molecule has 3 heteroatoms. The highest BCUT2D eigenvalue weighted by Crippen LogP contribution is 2.40. The van der Waals surface area contributed by atoms with Crippen LogP contribution in [0.5, 0.6) is 0 Å². The lowest BCUT2D eigenvalue weighted by Gasteiger charge is -2.34. The van der Waals surface area contributed by atoms with Crippen molar-refractivity contribution >= 4 is 34.6 Å². The minimum absolute atomic E-state index is 0.0243. The molecular formula is C23H21BrOSi. The van der Waals surface area contributed by atoms with Gasteiger partial charge in [-0.05, 0) is 27.9 Å². The maximum atomic E-state index is 7.03. The van der Waals surface area contributed by atoms with Crippen molar-refractivity contribution in [2.45, 2.75) is 17.4 Å². The molecule has 0 radical (unpaired) electrons. The van der Waals surface area contributed by atoms with Crippen LogP contribution in [0.4, 0.5) is 0 Å². The van der Waals surface area contributed by atoms with E-state index in [9.17, 15) is 0 Å². The molecule has 0 aromatic heterocycles. The lowest BCUT2D eigenvalue weighted by molar-refractivity contribution is 0.216. The maximum absolute atomic E-state index is 7.03. The average molecular weight is 421 g/mol. The number of fused-ring (bicyclic) bond motifs is 1. The van der Waals surface area contributed by atoms with E-state index in [1.165, 1.54) is 21.5 Å². The van der Waals surface area contributed by atoms with Gasteiger partial charge >= 0.3 is 0 Å². The summed E-state index contributed by atoms with van der Waals surface area (Å²) >= 11 is 3.88. The first-order valence-electron chi connectivity index (χ1n) is 8.89. The first-order chi connectivity index (χ1) is 12.7. The molecule has 0 aliphatic heterocycles. The molecule has 0 spiro atoms. The van der Waals surface area contributed by atoms with E-state index in [1.54, 1.807) is 0 Å². The number of halogens is 1. The molecule has 0 heterocycles. The molecular weight excluding hydrogens is 400 g/mol. The van der Waals surface area contributed by atoms with Gasteiger partial charge in [0.05, 0.1) is 6.10 Å². The quantitative estimate of drug-likeness (QED) is 0.434. The van der Waals surface area contributed by atoms with Gasteiger partial charge in [0.25, 0.3) is 8.32 Å². The second kappa shape index (κ2) is 7.35. The monoisotopic (exact) mass is 420 g/mol. The summed E-state index contributed by atoms with van der Waals surface area (Å²) < 4.78 is 7.03. The fraction of sp³-hybridized carbons (Fsp3) is 0.130. The highest BCUT2D eigenvalue weighted by Gasteiger charge is 2.43. The van der Waals surface area contributed by atoms with Crippen molar-refractivity contribution in [3.8, 4) is 0 Å². The van der Waals surface area contributed by atoms with E-state index in [-0.39, 0.29) is 10.9 Å². The number of hydrogen-bond acceptors (Lipinski definition) is 1. The highest BCUT2D eigenvalue weighted by atomic mass is 79.9. The van der Waals surface area contributed by atoms with Crippen LogP contribution in [0.3, 0.4) is 0 Å². The molecule has 1 aliphatic rings. The Morgan fingerprint density at radius 1 is 0.846 bits per heavy atom. The van der Waals surface area contributed by atoms with Gasteiger partial charge in [0.2, 0.25) is 0 Å². The number of alkyl halides is 1. The van der Waals surface area contributed by atoms with Crippen LogP contribution >= 0.6 is 15.9 Å². The molecule has 0 N–H and O–H groups in total. The Bertz CT molecular complexity index is 855. The third kappa shape index (κ3) is 3.00. The van der Waals surface area contributed by atoms with E-state index in [1.807, 2.05) is 0 Å². The van der Waals surface area contributed by atoms with Crippen molar-refractivity contribution in [2.75, 3.05) is 0 Å². The van der Waals surface area contributed by atoms with Crippen LogP contribution in [-0.2, 0) is 10.8 Å². The van der Waals surface area contributed by atoms with Crippen molar-refractivity contribution in [1.29, 1.82) is 0 Å². The standard InChI is InChI=1S/C23H21BrOSi/c1-2-26(19-12-5-3-6-13-19,20-14-7-4-8-15-20)25-23-21-16-10-9-11-18(21)17-22(23)24/h2-16,22-23H,1,17H2/t22-,23-/m1/s1. The molecule has 0 saturated heterocycles. The van der Waals surface area contributed by atoms with Gasteiger partial charge in [0.15, 0.2) is 0 Å². The molecule has 0 saturated carbocycles. The van der Waals surface area contributed by atoms with Gasteiger partial charge in [0, 0.05) is 4.83 Å². The van der Waals surface area contributed by atoms with Gasteiger partial charge in [-0.3, -0.25) is 0 Å². The molecule has 0 amide bonds. The smallest absolute Gasteiger partial charge is 0.281 e. The second-order valence-corrected chi connectivity index (χ2v) is 11.1. The summed E-state index contributed by atoms with van der Waals surface area (Å²) in [6.07, 6.45) is 1.02. The Morgan fingerprint density at radius 2 is 1.38 bits per heavy atom. The predicted octanol–water partition coefficient (Wildman–Crippen LogP) is 4.55. The van der Waals surface area contributed by atoms with E-state index in [4.69, 9.17) is 4.43 Å². The van der Waals surface area contributed by atoms with E-state index in [0.29, 0.717) is 0 Å². The van der Waals surface area contributed by atoms with Crippen molar-refractivity contribution in [2.24, 2.45) is 0 Å². The fourth-order valence-electron chi connectivity index (χ4n) is 3.81. The maximum Gasteiger partial charge on any atom is 0.281 e. The zero-order chi connectivity index (χ0) is 18.0. The van der Waals surface area contributed by atoms with Crippen molar-refractivity contribution in [3.05, 3.63) is 108 Å². The molecule has 4 rings (SSSR count). The summed E-state index contributed by atoms with van der Waals surface area (Å²) in [5.41, 5.74) is 4.73. The number of rotatable bonds is 5. The molecule has 1 aliphatic carbocycles. The lowest BCUT2D eigenvalue weighted by Crippen LogP contribution is -2.60. The van der Waals surface area contributed by atoms with E-state index in [2.05, 4.69) is 113 Å². The fourth-order valence-corrected chi connectivity index (χ4v) is 7.99. The Balaban J connectivity index is 1.83. The molecule has 3 aromatic rings. The summed E-state index contributed by atoms with van der Waals surface area (Å²) in [6.45, 7) is 4.23. The van der Waals surface area contributed by atoms with Gasteiger partial charge in [-0.15, -0.1) is 6.58 Å². The molecule has 0 bridgehead atoms. The van der Waals surface area contributed by atoms with E-state index in [0.717, 1.165) is 6.42 Å². The Kier molecular flexibility index (Phi) is 4.94. The summed E-state index contributed by atoms with van der Waals surface area (Å²) in [7, 11) is -2.56. The van der Waals surface area contributed by atoms with Crippen LogP contribution in [0.2, 0.25) is 0 Å². The van der Waals surface area contributed by atoms with Crippen LogP contribution in [0.15, 0.2) is 97.2 Å². The topological polar surface area (TPSA) is 9.23 Å². The second-order valence-electron chi connectivity index (χ2n) is 6.63. The average Bonchev–Trinajstić information content (AvgIpc) is 3.02. The van der Waals surface area contributed by atoms with Crippen molar-refractivity contribution < 1.29 is 4.43 Å². The first-order valence-corrected chi connectivity index (χ1v) is 11.8. The molecule has 0 unspecified atom stereocenters. The molecule has 1 nitrogen and oxygen atoms in total. The van der Waals surface area contributed by atoms with Crippen molar-refractivity contribution in [1.82, 2.24) is 0 Å². The van der Waals surface area contributed by atoms with E-state index < -0.39 is 8.32 Å². The molecule has 26 heavy (non-hydrogen) atoms. The van der Waals surface area contributed by atoms with Crippen molar-refractivity contribution in [3.63, 3.8) is 0 Å². The van der Waals surface area contributed by atoms with Crippen LogP contribution in [-0.4, -0.2) is 13.1 Å². The van der Waals surface area contributed by atoms with Gasteiger partial charge in [-0.25, -0.2) is 0 Å². The predicted molar refractivity (Wildman–Crippen MR) is 115 cm³/mol. The number of hydrogen-bond donors (Lipinski definition) is 0. The lowest BCUT2D eigenvalue weighted by atomic mass is 10.1. The van der Waals surface area contributed by atoms with Gasteiger partial charge in [0.1, 0.15) is 0 Å². The minimum Gasteiger partial charge on any atom is -0.396 e. The normalized spacial score (nSPS) is 19.1. The Morgan fingerprint density at radius 3 is 1.96 bits per heavy atom. The Labute approximate surface area is 164 Å². The SMILES string of the molecule is C=C[Si](O[C@@H]1c2ccccc2C[C@H]1Br)(c1ccccc1)c1ccccc1. The largest absolute Gasteiger partial charge is 0.396 e. The van der Waals surface area contributed by atoms with Gasteiger partial charge in [-0.2, -0.15) is 0 Å². The third-order valence-corrected chi connectivity index (χ3v) is 9.50. The van der Waals surface area contributed by atoms with Gasteiger partial charge < -0.3 is 4.43 Å². The Hall–Kier alpha value is -1.94. The van der Waals surface area contributed by atoms with Crippen LogP contribution in [0, 0.1) is 0 Å². The van der Waals surface area contributed by atoms with E-state index >= 15 is 0 Å². The van der Waals surface area contributed by atoms with Gasteiger partial charge in [-0.1, -0.05) is 107 Å². The molecule has 0 fully saturated rings.